The number of rotatable bonds is 6. The SMILES string of the molecule is COc1ccc(CN2Cc3c(F)c(NC4CCCCC4)nc(Cl)c3C2=O)c(OC)c1. The van der Waals surface area contributed by atoms with Gasteiger partial charge in [0.2, 0.25) is 0 Å². The summed E-state index contributed by atoms with van der Waals surface area (Å²) in [7, 11) is 3.13. The Morgan fingerprint density at radius 1 is 1.23 bits per heavy atom. The number of hydrogen-bond donors (Lipinski definition) is 1. The lowest BCUT2D eigenvalue weighted by molar-refractivity contribution is 0.0765. The first-order valence-corrected chi connectivity index (χ1v) is 10.5. The van der Waals surface area contributed by atoms with Gasteiger partial charge in [-0.3, -0.25) is 4.79 Å². The van der Waals surface area contributed by atoms with Gasteiger partial charge in [-0.15, -0.1) is 0 Å². The van der Waals surface area contributed by atoms with Gasteiger partial charge in [0.15, 0.2) is 11.6 Å². The number of amides is 1. The van der Waals surface area contributed by atoms with E-state index in [9.17, 15) is 4.79 Å². The smallest absolute Gasteiger partial charge is 0.258 e. The minimum absolute atomic E-state index is 0.0407. The lowest BCUT2D eigenvalue weighted by Gasteiger charge is -2.23. The maximum atomic E-state index is 15.2. The largest absolute Gasteiger partial charge is 0.497 e. The van der Waals surface area contributed by atoms with E-state index in [-0.39, 0.29) is 41.6 Å². The van der Waals surface area contributed by atoms with Crippen LogP contribution in [0, 0.1) is 5.82 Å². The second kappa shape index (κ2) is 8.68. The summed E-state index contributed by atoms with van der Waals surface area (Å²) >= 11 is 6.32. The van der Waals surface area contributed by atoms with Crippen LogP contribution in [0.1, 0.15) is 53.6 Å². The molecular weight excluding hydrogens is 409 g/mol. The zero-order valence-electron chi connectivity index (χ0n) is 17.1. The van der Waals surface area contributed by atoms with Gasteiger partial charge in [-0.1, -0.05) is 30.9 Å². The molecule has 0 radical (unpaired) electrons. The van der Waals surface area contributed by atoms with Crippen molar-refractivity contribution in [3.05, 3.63) is 45.9 Å². The Bertz CT molecular complexity index is 963. The predicted octanol–water partition coefficient (Wildman–Crippen LogP) is 4.79. The monoisotopic (exact) mass is 433 g/mol. The highest BCUT2D eigenvalue weighted by Gasteiger charge is 2.35. The zero-order chi connectivity index (χ0) is 21.3. The maximum absolute atomic E-state index is 15.2. The average Bonchev–Trinajstić information content (AvgIpc) is 3.09. The molecular formula is C22H25ClFN3O3. The summed E-state index contributed by atoms with van der Waals surface area (Å²) in [6.07, 6.45) is 5.41. The van der Waals surface area contributed by atoms with Gasteiger partial charge in [0, 0.05) is 29.8 Å². The molecule has 0 spiro atoms. The van der Waals surface area contributed by atoms with Crippen molar-refractivity contribution in [1.29, 1.82) is 0 Å². The zero-order valence-corrected chi connectivity index (χ0v) is 17.9. The van der Waals surface area contributed by atoms with Crippen LogP contribution < -0.4 is 14.8 Å². The van der Waals surface area contributed by atoms with Crippen LogP contribution in [0.3, 0.4) is 0 Å². The van der Waals surface area contributed by atoms with E-state index < -0.39 is 5.82 Å². The fourth-order valence-corrected chi connectivity index (χ4v) is 4.50. The van der Waals surface area contributed by atoms with Gasteiger partial charge < -0.3 is 19.7 Å². The van der Waals surface area contributed by atoms with Crippen molar-refractivity contribution >= 4 is 23.3 Å². The highest BCUT2D eigenvalue weighted by Crippen LogP contribution is 2.36. The molecule has 30 heavy (non-hydrogen) atoms. The molecule has 1 N–H and O–H groups in total. The van der Waals surface area contributed by atoms with Crippen molar-refractivity contribution in [2.24, 2.45) is 0 Å². The number of halogens is 2. The topological polar surface area (TPSA) is 63.7 Å². The van der Waals surface area contributed by atoms with E-state index in [1.165, 1.54) is 6.42 Å². The van der Waals surface area contributed by atoms with E-state index >= 15 is 4.39 Å². The second-order valence-corrected chi connectivity index (χ2v) is 8.10. The lowest BCUT2D eigenvalue weighted by Crippen LogP contribution is -2.24. The number of pyridine rings is 1. The van der Waals surface area contributed by atoms with Crippen LogP contribution in [-0.4, -0.2) is 36.1 Å². The minimum Gasteiger partial charge on any atom is -0.497 e. The third-order valence-electron chi connectivity index (χ3n) is 5.84. The van der Waals surface area contributed by atoms with Crippen LogP contribution in [0.25, 0.3) is 0 Å². The summed E-state index contributed by atoms with van der Waals surface area (Å²) in [6.45, 7) is 0.401. The van der Waals surface area contributed by atoms with Crippen molar-refractivity contribution in [3.63, 3.8) is 0 Å². The maximum Gasteiger partial charge on any atom is 0.258 e. The quantitative estimate of drug-likeness (QED) is 0.663. The molecule has 160 valence electrons. The van der Waals surface area contributed by atoms with Gasteiger partial charge >= 0.3 is 0 Å². The first-order chi connectivity index (χ1) is 14.5. The van der Waals surface area contributed by atoms with Gasteiger partial charge in [-0.25, -0.2) is 9.37 Å². The van der Waals surface area contributed by atoms with Crippen LogP contribution in [0.15, 0.2) is 18.2 Å². The Morgan fingerprint density at radius 2 is 2.00 bits per heavy atom. The Balaban J connectivity index is 1.58. The molecule has 2 aliphatic rings. The molecule has 4 rings (SSSR count). The summed E-state index contributed by atoms with van der Waals surface area (Å²) in [6, 6.07) is 5.57. The van der Waals surface area contributed by atoms with E-state index in [2.05, 4.69) is 10.3 Å². The molecule has 1 aliphatic carbocycles. The summed E-state index contributed by atoms with van der Waals surface area (Å²) in [5.41, 5.74) is 1.24. The molecule has 1 saturated carbocycles. The van der Waals surface area contributed by atoms with Crippen LogP contribution in [0.4, 0.5) is 10.2 Å². The third-order valence-corrected chi connectivity index (χ3v) is 6.12. The minimum atomic E-state index is -0.488. The molecule has 0 saturated heterocycles. The molecule has 0 atom stereocenters. The number of nitrogens with zero attached hydrogens (tertiary/aromatic N) is 2. The second-order valence-electron chi connectivity index (χ2n) is 7.74. The molecule has 6 nitrogen and oxygen atoms in total. The molecule has 1 aliphatic heterocycles. The first kappa shape index (κ1) is 20.7. The molecule has 1 fully saturated rings. The number of methoxy groups -OCH3 is 2. The Hall–Kier alpha value is -2.54. The van der Waals surface area contributed by atoms with Gasteiger partial charge in [-0.2, -0.15) is 0 Å². The van der Waals surface area contributed by atoms with E-state index in [1.807, 2.05) is 6.07 Å². The molecule has 1 aromatic heterocycles. The highest BCUT2D eigenvalue weighted by atomic mass is 35.5. The number of anilines is 1. The fourth-order valence-electron chi connectivity index (χ4n) is 4.22. The number of ether oxygens (including phenoxy) is 2. The molecule has 8 heteroatoms. The standard InChI is InChI=1S/C22H25ClFN3O3/c1-29-15-9-8-13(17(10-15)30-2)11-27-12-16-18(22(27)28)20(23)26-21(19(16)24)25-14-6-4-3-5-7-14/h8-10,14H,3-7,11-12H2,1-2H3,(H,25,26). The summed E-state index contributed by atoms with van der Waals surface area (Å²) in [4.78, 5) is 18.7. The Kier molecular flexibility index (Phi) is 5.99. The van der Waals surface area contributed by atoms with Crippen molar-refractivity contribution in [1.82, 2.24) is 9.88 Å². The van der Waals surface area contributed by atoms with Crippen molar-refractivity contribution in [3.8, 4) is 11.5 Å². The van der Waals surface area contributed by atoms with Crippen molar-refractivity contribution in [2.45, 2.75) is 51.2 Å². The number of carbonyl (C=O) groups excluding carboxylic acids is 1. The summed E-state index contributed by atoms with van der Waals surface area (Å²) < 4.78 is 25.9. The average molecular weight is 434 g/mol. The van der Waals surface area contributed by atoms with Crippen LogP contribution in [0.2, 0.25) is 5.15 Å². The number of nitrogens with one attached hydrogen (secondary N) is 1. The van der Waals surface area contributed by atoms with Crippen molar-refractivity contribution < 1.29 is 18.7 Å². The Labute approximate surface area is 180 Å². The van der Waals surface area contributed by atoms with Gasteiger partial charge in [0.25, 0.3) is 5.91 Å². The van der Waals surface area contributed by atoms with E-state index in [4.69, 9.17) is 21.1 Å². The molecule has 0 unspecified atom stereocenters. The lowest BCUT2D eigenvalue weighted by atomic mass is 9.95. The highest BCUT2D eigenvalue weighted by molar-refractivity contribution is 6.33. The number of benzene rings is 1. The van der Waals surface area contributed by atoms with Gasteiger partial charge in [0.05, 0.1) is 26.3 Å². The van der Waals surface area contributed by atoms with E-state index in [0.717, 1.165) is 31.2 Å². The van der Waals surface area contributed by atoms with Gasteiger partial charge in [-0.05, 0) is 25.0 Å². The molecule has 1 amide bonds. The van der Waals surface area contributed by atoms with E-state index in [0.29, 0.717) is 17.1 Å². The van der Waals surface area contributed by atoms with Crippen LogP contribution in [0.5, 0.6) is 11.5 Å². The first-order valence-electron chi connectivity index (χ1n) is 10.2. The normalized spacial score (nSPS) is 16.5. The van der Waals surface area contributed by atoms with E-state index in [1.54, 1.807) is 31.3 Å². The number of hydrogen-bond acceptors (Lipinski definition) is 5. The van der Waals surface area contributed by atoms with Crippen molar-refractivity contribution in [2.75, 3.05) is 19.5 Å². The third kappa shape index (κ3) is 3.90. The van der Waals surface area contributed by atoms with Crippen LogP contribution in [-0.2, 0) is 13.1 Å². The van der Waals surface area contributed by atoms with Gasteiger partial charge in [0.1, 0.15) is 16.7 Å². The molecule has 0 bridgehead atoms. The number of carbonyl (C=O) groups is 1. The Morgan fingerprint density at radius 3 is 2.70 bits per heavy atom. The predicted molar refractivity (Wildman–Crippen MR) is 113 cm³/mol. The molecule has 1 aromatic carbocycles. The number of fused-ring (bicyclic) bond motifs is 1. The summed E-state index contributed by atoms with van der Waals surface area (Å²) in [5, 5.41) is 3.24. The molecule has 2 aromatic rings. The molecule has 2 heterocycles. The summed E-state index contributed by atoms with van der Waals surface area (Å²) in [5.74, 6) is 0.578. The number of aromatic nitrogens is 1. The fraction of sp³-hybridized carbons (Fsp3) is 0.455. The van der Waals surface area contributed by atoms with Crippen LogP contribution >= 0.6 is 11.6 Å².